The zero-order chi connectivity index (χ0) is 23.3. The van der Waals surface area contributed by atoms with Crippen LogP contribution < -0.4 is 4.72 Å². The van der Waals surface area contributed by atoms with Crippen molar-refractivity contribution in [3.63, 3.8) is 0 Å². The van der Waals surface area contributed by atoms with Crippen molar-refractivity contribution in [2.45, 2.75) is 50.9 Å². The molecule has 2 heterocycles. The highest BCUT2D eigenvalue weighted by atomic mass is 32.2. The minimum Gasteiger partial charge on any atom is -0.444 e. The molecule has 1 aliphatic carbocycles. The summed E-state index contributed by atoms with van der Waals surface area (Å²) < 4.78 is 33.7. The van der Waals surface area contributed by atoms with Crippen LogP contribution >= 0.6 is 0 Å². The van der Waals surface area contributed by atoms with Gasteiger partial charge in [0.15, 0.2) is 0 Å². The minimum atomic E-state index is -3.59. The number of aromatic nitrogens is 1. The van der Waals surface area contributed by atoms with E-state index in [1.807, 2.05) is 50.7 Å². The van der Waals surface area contributed by atoms with Crippen molar-refractivity contribution in [1.29, 1.82) is 0 Å². The zero-order valence-corrected chi connectivity index (χ0v) is 19.7. The Balaban J connectivity index is 1.54. The predicted molar refractivity (Wildman–Crippen MR) is 123 cm³/mol. The average Bonchev–Trinajstić information content (AvgIpc) is 3.52. The first-order valence-electron chi connectivity index (χ1n) is 10.8. The van der Waals surface area contributed by atoms with E-state index in [-0.39, 0.29) is 6.09 Å². The van der Waals surface area contributed by atoms with Crippen LogP contribution in [0.2, 0.25) is 0 Å². The van der Waals surface area contributed by atoms with Crippen molar-refractivity contribution >= 4 is 38.5 Å². The molecule has 32 heavy (non-hydrogen) atoms. The van der Waals surface area contributed by atoms with E-state index in [1.165, 1.54) is 0 Å². The number of carbonyl (C=O) groups excluding carboxylic acids is 2. The lowest BCUT2D eigenvalue weighted by Gasteiger charge is -2.29. The van der Waals surface area contributed by atoms with E-state index in [2.05, 4.69) is 4.72 Å². The van der Waals surface area contributed by atoms with E-state index in [0.29, 0.717) is 37.9 Å². The summed E-state index contributed by atoms with van der Waals surface area (Å²) in [7, 11) is -1.70. The van der Waals surface area contributed by atoms with Gasteiger partial charge in [0.2, 0.25) is 10.0 Å². The first-order valence-corrected chi connectivity index (χ1v) is 12.3. The number of nitrogens with zero attached hydrogens (tertiary/aromatic N) is 2. The van der Waals surface area contributed by atoms with Gasteiger partial charge in [-0.15, -0.1) is 0 Å². The molecule has 172 valence electrons. The summed E-state index contributed by atoms with van der Waals surface area (Å²) in [5.74, 6) is -0.605. The van der Waals surface area contributed by atoms with Gasteiger partial charge in [-0.3, -0.25) is 4.79 Å². The number of fused-ring (bicyclic) bond motifs is 1. The quantitative estimate of drug-likeness (QED) is 0.756. The van der Waals surface area contributed by atoms with Crippen molar-refractivity contribution in [2.24, 2.45) is 7.05 Å². The third kappa shape index (κ3) is 4.67. The zero-order valence-electron chi connectivity index (χ0n) is 18.8. The van der Waals surface area contributed by atoms with Crippen LogP contribution in [0.25, 0.3) is 16.5 Å². The van der Waals surface area contributed by atoms with Crippen LogP contribution in [-0.2, 0) is 21.8 Å². The fourth-order valence-electron chi connectivity index (χ4n) is 3.84. The molecule has 0 spiro atoms. The highest BCUT2D eigenvalue weighted by Gasteiger charge is 2.37. The fourth-order valence-corrected chi connectivity index (χ4v) is 5.14. The number of sulfonamides is 1. The van der Waals surface area contributed by atoms with Gasteiger partial charge in [0.1, 0.15) is 5.60 Å². The number of hydrogen-bond acceptors (Lipinski definition) is 5. The highest BCUT2D eigenvalue weighted by Crippen LogP contribution is 2.32. The third-order valence-electron chi connectivity index (χ3n) is 5.66. The molecule has 1 fully saturated rings. The molecule has 2 aromatic rings. The SMILES string of the molecule is Cn1cc(C2=CCN(C(=O)OC(C)(C)C)CC2)c2ccc(C(=O)NS(=O)(=O)C3CC3)cc21. The summed E-state index contributed by atoms with van der Waals surface area (Å²) in [6.45, 7) is 6.59. The van der Waals surface area contributed by atoms with Gasteiger partial charge in [0, 0.05) is 48.4 Å². The molecule has 1 N–H and O–H groups in total. The summed E-state index contributed by atoms with van der Waals surface area (Å²) >= 11 is 0. The lowest BCUT2D eigenvalue weighted by molar-refractivity contribution is 0.0270. The van der Waals surface area contributed by atoms with E-state index in [9.17, 15) is 18.0 Å². The lowest BCUT2D eigenvalue weighted by atomic mass is 9.98. The number of carbonyl (C=O) groups is 2. The molecule has 8 nitrogen and oxygen atoms in total. The molecular formula is C23H29N3O5S. The molecule has 4 rings (SSSR count). The lowest BCUT2D eigenvalue weighted by Crippen LogP contribution is -2.39. The average molecular weight is 460 g/mol. The largest absolute Gasteiger partial charge is 0.444 e. The summed E-state index contributed by atoms with van der Waals surface area (Å²) in [4.78, 5) is 26.5. The van der Waals surface area contributed by atoms with Crippen LogP contribution in [-0.4, -0.2) is 53.8 Å². The first-order chi connectivity index (χ1) is 14.9. The number of amides is 2. The Bertz CT molecular complexity index is 1220. The van der Waals surface area contributed by atoms with Crippen LogP contribution in [0.15, 0.2) is 30.5 Å². The summed E-state index contributed by atoms with van der Waals surface area (Å²) in [6.07, 6.45) is 5.61. The number of nitrogens with one attached hydrogen (secondary N) is 1. The van der Waals surface area contributed by atoms with Crippen molar-refractivity contribution in [3.8, 4) is 0 Å². The molecular weight excluding hydrogens is 430 g/mol. The molecule has 1 aromatic heterocycles. The Morgan fingerprint density at radius 1 is 1.19 bits per heavy atom. The fraction of sp³-hybridized carbons (Fsp3) is 0.478. The number of aryl methyl sites for hydroxylation is 1. The van der Waals surface area contributed by atoms with Gasteiger partial charge < -0.3 is 14.2 Å². The number of ether oxygens (including phenoxy) is 1. The van der Waals surface area contributed by atoms with Crippen LogP contribution in [0.3, 0.4) is 0 Å². The predicted octanol–water partition coefficient (Wildman–Crippen LogP) is 3.42. The van der Waals surface area contributed by atoms with Gasteiger partial charge in [-0.25, -0.2) is 17.9 Å². The van der Waals surface area contributed by atoms with Crippen molar-refractivity contribution < 1.29 is 22.7 Å². The third-order valence-corrected chi connectivity index (χ3v) is 7.48. The molecule has 1 saturated carbocycles. The first kappa shape index (κ1) is 22.4. The van der Waals surface area contributed by atoms with Crippen LogP contribution in [0, 0.1) is 0 Å². The molecule has 1 aliphatic heterocycles. The summed E-state index contributed by atoms with van der Waals surface area (Å²) in [5.41, 5.74) is 2.79. The number of rotatable bonds is 4. The second-order valence-electron chi connectivity index (χ2n) is 9.47. The Labute approximate surface area is 188 Å². The molecule has 2 amide bonds. The molecule has 9 heteroatoms. The molecule has 0 unspecified atom stereocenters. The standard InChI is InChI=1S/C23H29N3O5S/c1-23(2,3)31-22(28)26-11-9-15(10-12-26)19-14-25(4)20-13-16(5-8-18(19)20)21(27)24-32(29,30)17-6-7-17/h5,8-9,13-14,17H,6-7,10-12H2,1-4H3,(H,24,27). The van der Waals surface area contributed by atoms with Gasteiger partial charge in [0.05, 0.1) is 5.25 Å². The molecule has 1 aromatic carbocycles. The van der Waals surface area contributed by atoms with Crippen molar-refractivity contribution in [1.82, 2.24) is 14.2 Å². The minimum absolute atomic E-state index is 0.309. The monoisotopic (exact) mass is 459 g/mol. The van der Waals surface area contributed by atoms with Crippen LogP contribution in [0.1, 0.15) is 56.0 Å². The number of hydrogen-bond donors (Lipinski definition) is 1. The second kappa shape index (κ2) is 7.95. The Hall–Kier alpha value is -2.81. The van der Waals surface area contributed by atoms with Crippen molar-refractivity contribution in [2.75, 3.05) is 13.1 Å². The normalized spacial score (nSPS) is 17.2. The van der Waals surface area contributed by atoms with Crippen molar-refractivity contribution in [3.05, 3.63) is 41.6 Å². The topological polar surface area (TPSA) is 97.7 Å². The molecule has 0 saturated heterocycles. The van der Waals surface area contributed by atoms with Gasteiger partial charge in [0.25, 0.3) is 5.91 Å². The second-order valence-corrected chi connectivity index (χ2v) is 11.4. The van der Waals surface area contributed by atoms with Crippen LogP contribution in [0.5, 0.6) is 0 Å². The Kier molecular flexibility index (Phi) is 5.56. The maximum atomic E-state index is 12.5. The molecule has 0 radical (unpaired) electrons. The highest BCUT2D eigenvalue weighted by molar-refractivity contribution is 7.91. The van der Waals surface area contributed by atoms with Gasteiger partial charge in [-0.05, 0) is 57.7 Å². The van der Waals surface area contributed by atoms with Crippen LogP contribution in [0.4, 0.5) is 4.79 Å². The summed E-state index contributed by atoms with van der Waals surface area (Å²) in [5, 5.41) is 0.529. The van der Waals surface area contributed by atoms with E-state index in [1.54, 1.807) is 17.0 Å². The Morgan fingerprint density at radius 2 is 1.91 bits per heavy atom. The Morgan fingerprint density at radius 3 is 2.50 bits per heavy atom. The smallest absolute Gasteiger partial charge is 0.410 e. The number of benzene rings is 1. The van der Waals surface area contributed by atoms with E-state index < -0.39 is 26.8 Å². The van der Waals surface area contributed by atoms with E-state index in [4.69, 9.17) is 4.74 Å². The van der Waals surface area contributed by atoms with Gasteiger partial charge >= 0.3 is 6.09 Å². The summed E-state index contributed by atoms with van der Waals surface area (Å²) in [6, 6.07) is 5.22. The molecule has 0 atom stereocenters. The van der Waals surface area contributed by atoms with E-state index in [0.717, 1.165) is 22.0 Å². The van der Waals surface area contributed by atoms with E-state index >= 15 is 0 Å². The van der Waals surface area contributed by atoms with Gasteiger partial charge in [-0.2, -0.15) is 0 Å². The van der Waals surface area contributed by atoms with Gasteiger partial charge in [-0.1, -0.05) is 12.1 Å². The maximum Gasteiger partial charge on any atom is 0.410 e. The molecule has 2 aliphatic rings. The maximum absolute atomic E-state index is 12.5. The molecule has 0 bridgehead atoms.